The number of aromatic nitrogens is 2. The minimum absolute atomic E-state index is 0.0623. The van der Waals surface area contributed by atoms with Crippen LogP contribution >= 0.6 is 0 Å². The molecule has 0 unspecified atom stereocenters. The topological polar surface area (TPSA) is 30.3 Å². The summed E-state index contributed by atoms with van der Waals surface area (Å²) in [7, 11) is 0. The van der Waals surface area contributed by atoms with Gasteiger partial charge in [-0.15, -0.1) is 0 Å². The highest BCUT2D eigenvalue weighted by Gasteiger charge is 2.44. The molecule has 5 heteroatoms. The van der Waals surface area contributed by atoms with Crippen LogP contribution < -0.4 is 4.74 Å². The van der Waals surface area contributed by atoms with E-state index in [0.717, 1.165) is 38.3 Å². The highest BCUT2D eigenvalue weighted by atomic mass is 19.1. The fourth-order valence-electron chi connectivity index (χ4n) is 5.32. The van der Waals surface area contributed by atoms with Gasteiger partial charge >= 0.3 is 0 Å². The number of hydrogen-bond acceptors (Lipinski definition) is 3. The number of imidazole rings is 1. The molecular weight excluding hydrogens is 377 g/mol. The quantitative estimate of drug-likeness (QED) is 0.607. The highest BCUT2D eigenvalue weighted by Crippen LogP contribution is 2.43. The first-order valence-electron chi connectivity index (χ1n) is 10.8. The zero-order valence-electron chi connectivity index (χ0n) is 17.3. The third-order valence-electron chi connectivity index (χ3n) is 6.74. The molecule has 156 valence electrons. The summed E-state index contributed by atoms with van der Waals surface area (Å²) in [4.78, 5) is 6.99. The minimum atomic E-state index is -0.294. The van der Waals surface area contributed by atoms with Gasteiger partial charge in [-0.2, -0.15) is 0 Å². The Morgan fingerprint density at radius 3 is 2.47 bits per heavy atom. The monoisotopic (exact) mass is 405 g/mol. The van der Waals surface area contributed by atoms with E-state index in [1.807, 2.05) is 25.4 Å². The molecule has 0 radical (unpaired) electrons. The summed E-state index contributed by atoms with van der Waals surface area (Å²) >= 11 is 0. The number of halogens is 1. The molecule has 30 heavy (non-hydrogen) atoms. The van der Waals surface area contributed by atoms with Crippen LogP contribution in [0.4, 0.5) is 4.39 Å². The Bertz CT molecular complexity index is 989. The Labute approximate surface area is 177 Å². The van der Waals surface area contributed by atoms with Crippen molar-refractivity contribution in [2.75, 3.05) is 13.1 Å². The number of fused-ring (bicyclic) bond motifs is 1. The Hall–Kier alpha value is -2.66. The lowest BCUT2D eigenvalue weighted by Crippen LogP contribution is -2.40. The molecular formula is C25H28FN3O. The normalized spacial score (nSPS) is 26.5. The maximum atomic E-state index is 14.3. The van der Waals surface area contributed by atoms with Crippen LogP contribution in [-0.4, -0.2) is 33.6 Å². The van der Waals surface area contributed by atoms with Crippen LogP contribution in [-0.2, 0) is 6.54 Å². The van der Waals surface area contributed by atoms with Crippen molar-refractivity contribution in [3.05, 3.63) is 84.2 Å². The first kappa shape index (κ1) is 19.3. The summed E-state index contributed by atoms with van der Waals surface area (Å²) < 4.78 is 22.8. The summed E-state index contributed by atoms with van der Waals surface area (Å²) in [6, 6.07) is 17.6. The van der Waals surface area contributed by atoms with Gasteiger partial charge in [-0.25, -0.2) is 9.37 Å². The molecule has 2 aliphatic rings. The van der Waals surface area contributed by atoms with Gasteiger partial charge in [0.15, 0.2) is 11.6 Å². The second kappa shape index (κ2) is 8.23. The van der Waals surface area contributed by atoms with Crippen LogP contribution in [0.2, 0.25) is 0 Å². The van der Waals surface area contributed by atoms with Crippen molar-refractivity contribution in [2.45, 2.75) is 38.5 Å². The summed E-state index contributed by atoms with van der Waals surface area (Å²) in [6.07, 6.45) is 5.79. The van der Waals surface area contributed by atoms with Gasteiger partial charge in [0.2, 0.25) is 0 Å². The average molecular weight is 406 g/mol. The molecule has 0 spiro atoms. The fourth-order valence-corrected chi connectivity index (χ4v) is 5.32. The molecule has 1 aliphatic heterocycles. The summed E-state index contributed by atoms with van der Waals surface area (Å²) in [5, 5.41) is 0. The number of nitrogens with zero attached hydrogens (tertiary/aromatic N) is 3. The second-order valence-electron chi connectivity index (χ2n) is 8.71. The Kier molecular flexibility index (Phi) is 5.30. The predicted molar refractivity (Wildman–Crippen MR) is 115 cm³/mol. The van der Waals surface area contributed by atoms with Crippen molar-refractivity contribution in [1.29, 1.82) is 0 Å². The number of likely N-dealkylation sites (tertiary alicyclic amines) is 1. The highest BCUT2D eigenvalue weighted by molar-refractivity contribution is 5.24. The molecule has 4 nitrogen and oxygen atoms in total. The second-order valence-corrected chi connectivity index (χ2v) is 8.71. The van der Waals surface area contributed by atoms with Crippen molar-refractivity contribution < 1.29 is 9.13 Å². The van der Waals surface area contributed by atoms with E-state index in [-0.39, 0.29) is 18.0 Å². The van der Waals surface area contributed by atoms with Crippen LogP contribution in [0.15, 0.2) is 67.0 Å². The molecule has 3 aromatic rings. The van der Waals surface area contributed by atoms with E-state index in [2.05, 4.69) is 44.8 Å². The Morgan fingerprint density at radius 1 is 1.00 bits per heavy atom. The van der Waals surface area contributed by atoms with Gasteiger partial charge in [0.25, 0.3) is 0 Å². The van der Waals surface area contributed by atoms with Crippen LogP contribution in [0.25, 0.3) is 0 Å². The van der Waals surface area contributed by atoms with Crippen molar-refractivity contribution >= 4 is 0 Å². The molecule has 0 N–H and O–H groups in total. The molecule has 4 atom stereocenters. The van der Waals surface area contributed by atoms with E-state index < -0.39 is 0 Å². The number of aryl methyl sites for hydroxylation is 1. The van der Waals surface area contributed by atoms with Crippen molar-refractivity contribution in [2.24, 2.45) is 11.8 Å². The smallest absolute Gasteiger partial charge is 0.165 e. The van der Waals surface area contributed by atoms with E-state index in [9.17, 15) is 4.39 Å². The van der Waals surface area contributed by atoms with E-state index in [4.69, 9.17) is 4.74 Å². The minimum Gasteiger partial charge on any atom is -0.485 e. The van der Waals surface area contributed by atoms with Gasteiger partial charge in [-0.1, -0.05) is 42.5 Å². The first-order valence-corrected chi connectivity index (χ1v) is 10.8. The van der Waals surface area contributed by atoms with Crippen molar-refractivity contribution in [3.63, 3.8) is 0 Å². The Balaban J connectivity index is 1.36. The SMILES string of the molecule is Cc1nccn1[C@H]1C[C@H]2CN(Cc3ccccc3)C[C@H]2C[C@@H]1Oc1ccccc1F. The summed E-state index contributed by atoms with van der Waals surface area (Å²) in [5.41, 5.74) is 1.36. The molecule has 0 amide bonds. The molecule has 1 aliphatic carbocycles. The van der Waals surface area contributed by atoms with Gasteiger partial charge in [-0.05, 0) is 49.3 Å². The molecule has 1 saturated carbocycles. The number of ether oxygens (including phenoxy) is 1. The molecule has 0 bridgehead atoms. The maximum Gasteiger partial charge on any atom is 0.165 e. The van der Waals surface area contributed by atoms with E-state index in [1.165, 1.54) is 11.6 Å². The average Bonchev–Trinajstić information content (AvgIpc) is 3.34. The van der Waals surface area contributed by atoms with Gasteiger partial charge in [0.05, 0.1) is 6.04 Å². The number of hydrogen-bond donors (Lipinski definition) is 0. The van der Waals surface area contributed by atoms with E-state index in [1.54, 1.807) is 12.1 Å². The first-order chi connectivity index (χ1) is 14.7. The molecule has 1 aromatic heterocycles. The molecule has 2 heterocycles. The summed E-state index contributed by atoms with van der Waals surface area (Å²) in [6.45, 7) is 5.20. The van der Waals surface area contributed by atoms with Crippen molar-refractivity contribution in [3.8, 4) is 5.75 Å². The van der Waals surface area contributed by atoms with Gasteiger partial charge < -0.3 is 9.30 Å². The Morgan fingerprint density at radius 2 is 1.73 bits per heavy atom. The van der Waals surface area contributed by atoms with Gasteiger partial charge in [0, 0.05) is 32.0 Å². The number of rotatable bonds is 5. The summed E-state index contributed by atoms with van der Waals surface area (Å²) in [5.74, 6) is 2.24. The maximum absolute atomic E-state index is 14.3. The lowest BCUT2D eigenvalue weighted by molar-refractivity contribution is 0.0509. The standard InChI is InChI=1S/C25H28FN3O/c1-18-27-11-12-29(18)23-13-20-16-28(15-19-7-3-2-4-8-19)17-21(20)14-25(23)30-24-10-6-5-9-22(24)26/h2-12,20-21,23,25H,13-17H2,1H3/t20-,21+,23-,25-/m0/s1. The van der Waals surface area contributed by atoms with Crippen molar-refractivity contribution in [1.82, 2.24) is 14.5 Å². The molecule has 2 fully saturated rings. The lowest BCUT2D eigenvalue weighted by atomic mass is 9.77. The van der Waals surface area contributed by atoms with Crippen LogP contribution in [0.3, 0.4) is 0 Å². The fraction of sp³-hybridized carbons (Fsp3) is 0.400. The van der Waals surface area contributed by atoms with E-state index in [0.29, 0.717) is 17.6 Å². The van der Waals surface area contributed by atoms with Crippen LogP contribution in [0.1, 0.15) is 30.3 Å². The zero-order valence-corrected chi connectivity index (χ0v) is 17.3. The molecule has 2 aromatic carbocycles. The lowest BCUT2D eigenvalue weighted by Gasteiger charge is -2.39. The number of para-hydroxylation sites is 1. The van der Waals surface area contributed by atoms with Gasteiger partial charge in [0.1, 0.15) is 11.9 Å². The molecule has 5 rings (SSSR count). The molecule has 1 saturated heterocycles. The third-order valence-corrected chi connectivity index (χ3v) is 6.74. The van der Waals surface area contributed by atoms with Crippen LogP contribution in [0.5, 0.6) is 5.75 Å². The zero-order chi connectivity index (χ0) is 20.5. The third kappa shape index (κ3) is 3.86. The van der Waals surface area contributed by atoms with E-state index >= 15 is 0 Å². The van der Waals surface area contributed by atoms with Gasteiger partial charge in [-0.3, -0.25) is 4.90 Å². The van der Waals surface area contributed by atoms with Crippen LogP contribution in [0, 0.1) is 24.6 Å². The predicted octanol–water partition coefficient (Wildman–Crippen LogP) is 4.86. The number of benzene rings is 2. The largest absolute Gasteiger partial charge is 0.485 e.